The normalized spacial score (nSPS) is 12.2. The minimum Gasteiger partial charge on any atom is -0.301 e. The number of carbonyl (C=O) groups excluding carboxylic acids is 1. The average molecular weight is 405 g/mol. The number of rotatable bonds is 5. The van der Waals surface area contributed by atoms with Crippen LogP contribution in [0.15, 0.2) is 53.9 Å². The summed E-state index contributed by atoms with van der Waals surface area (Å²) < 4.78 is 0. The molecule has 0 saturated heterocycles. The number of carbonyl (C=O) groups is 1. The van der Waals surface area contributed by atoms with E-state index in [-0.39, 0.29) is 17.7 Å². The van der Waals surface area contributed by atoms with Gasteiger partial charge in [-0.3, -0.25) is 4.79 Å². The molecule has 0 radical (unpaired) electrons. The quantitative estimate of drug-likeness (QED) is 0.527. The van der Waals surface area contributed by atoms with Gasteiger partial charge in [0.2, 0.25) is 5.91 Å². The molecule has 0 spiro atoms. The van der Waals surface area contributed by atoms with Crippen molar-refractivity contribution >= 4 is 45.6 Å². The van der Waals surface area contributed by atoms with E-state index in [2.05, 4.69) is 10.3 Å². The van der Waals surface area contributed by atoms with Crippen molar-refractivity contribution in [1.29, 1.82) is 0 Å². The monoisotopic (exact) mass is 404 g/mol. The summed E-state index contributed by atoms with van der Waals surface area (Å²) >= 11 is 13.3. The fourth-order valence-electron chi connectivity index (χ4n) is 2.78. The minimum atomic E-state index is -0.268. The predicted octanol–water partition coefficient (Wildman–Crippen LogP) is 6.50. The van der Waals surface area contributed by atoms with E-state index < -0.39 is 0 Å². The lowest BCUT2D eigenvalue weighted by atomic mass is 9.88. The summed E-state index contributed by atoms with van der Waals surface area (Å²) in [4.78, 5) is 17.4. The van der Waals surface area contributed by atoms with Crippen LogP contribution in [0.5, 0.6) is 0 Å². The third-order valence-electron chi connectivity index (χ3n) is 4.05. The van der Waals surface area contributed by atoms with Crippen molar-refractivity contribution in [1.82, 2.24) is 4.98 Å². The molecule has 1 aromatic heterocycles. The number of hydrogen-bond donors (Lipinski definition) is 1. The van der Waals surface area contributed by atoms with Crippen molar-refractivity contribution in [2.75, 3.05) is 5.32 Å². The van der Waals surface area contributed by atoms with Crippen LogP contribution in [0.2, 0.25) is 10.0 Å². The van der Waals surface area contributed by atoms with Gasteiger partial charge >= 0.3 is 0 Å². The van der Waals surface area contributed by atoms with Crippen LogP contribution in [0.25, 0.3) is 11.3 Å². The minimum absolute atomic E-state index is 0.0701. The van der Waals surface area contributed by atoms with Gasteiger partial charge in [-0.2, -0.15) is 0 Å². The SMILES string of the molecule is CC(C)[C@@H](C(=O)Nc1nc(-c2ccc(Cl)cc2)cs1)c1ccc(Cl)cc1. The molecule has 6 heteroatoms. The summed E-state index contributed by atoms with van der Waals surface area (Å²) in [5, 5.41) is 6.79. The zero-order valence-corrected chi connectivity index (χ0v) is 16.7. The van der Waals surface area contributed by atoms with Gasteiger partial charge in [-0.25, -0.2) is 4.98 Å². The molecule has 134 valence electrons. The molecule has 0 saturated carbocycles. The second-order valence-corrected chi connectivity index (χ2v) is 8.04. The first-order chi connectivity index (χ1) is 12.4. The summed E-state index contributed by atoms with van der Waals surface area (Å²) in [6.07, 6.45) is 0. The summed E-state index contributed by atoms with van der Waals surface area (Å²) in [6, 6.07) is 14.9. The second-order valence-electron chi connectivity index (χ2n) is 6.31. The average Bonchev–Trinajstić information content (AvgIpc) is 3.05. The molecule has 3 nitrogen and oxygen atoms in total. The maximum atomic E-state index is 12.8. The number of nitrogens with one attached hydrogen (secondary N) is 1. The number of nitrogens with zero attached hydrogens (tertiary/aromatic N) is 1. The smallest absolute Gasteiger partial charge is 0.233 e. The molecule has 0 aliphatic heterocycles. The Bertz CT molecular complexity index is 889. The van der Waals surface area contributed by atoms with E-state index in [9.17, 15) is 4.79 Å². The van der Waals surface area contributed by atoms with Crippen molar-refractivity contribution in [2.45, 2.75) is 19.8 Å². The summed E-state index contributed by atoms with van der Waals surface area (Å²) in [6.45, 7) is 4.06. The molecule has 0 bridgehead atoms. The lowest BCUT2D eigenvalue weighted by Gasteiger charge is -2.20. The Morgan fingerprint density at radius 3 is 2.15 bits per heavy atom. The zero-order valence-electron chi connectivity index (χ0n) is 14.4. The van der Waals surface area contributed by atoms with Gasteiger partial charge in [0.05, 0.1) is 11.6 Å². The lowest BCUT2D eigenvalue weighted by Crippen LogP contribution is -2.25. The third-order valence-corrected chi connectivity index (χ3v) is 5.31. The number of amides is 1. The standard InChI is InChI=1S/C20H18Cl2N2OS/c1-12(2)18(14-5-9-16(22)10-6-14)19(25)24-20-23-17(11-26-20)13-3-7-15(21)8-4-13/h3-12,18H,1-2H3,(H,23,24,25)/t18-/m1/s1. The number of aromatic nitrogens is 1. The van der Waals surface area contributed by atoms with E-state index >= 15 is 0 Å². The fourth-order valence-corrected chi connectivity index (χ4v) is 3.75. The van der Waals surface area contributed by atoms with Gasteiger partial charge in [-0.1, -0.05) is 61.3 Å². The Kier molecular flexibility index (Phi) is 5.97. The highest BCUT2D eigenvalue weighted by molar-refractivity contribution is 7.14. The number of thiazole rings is 1. The van der Waals surface area contributed by atoms with Crippen LogP contribution in [0.3, 0.4) is 0 Å². The molecule has 0 aliphatic carbocycles. The summed E-state index contributed by atoms with van der Waals surface area (Å²) in [5.41, 5.74) is 2.72. The highest BCUT2D eigenvalue weighted by Crippen LogP contribution is 2.30. The van der Waals surface area contributed by atoms with E-state index in [0.717, 1.165) is 16.8 Å². The Balaban J connectivity index is 1.77. The van der Waals surface area contributed by atoms with E-state index in [1.165, 1.54) is 11.3 Å². The van der Waals surface area contributed by atoms with Crippen molar-refractivity contribution in [3.8, 4) is 11.3 Å². The van der Waals surface area contributed by atoms with Gasteiger partial charge in [0.25, 0.3) is 0 Å². The first-order valence-electron chi connectivity index (χ1n) is 8.22. The molecule has 1 atom stereocenters. The van der Waals surface area contributed by atoms with E-state index in [0.29, 0.717) is 15.2 Å². The van der Waals surface area contributed by atoms with E-state index in [1.807, 2.05) is 67.8 Å². The molecule has 3 aromatic rings. The number of hydrogen-bond acceptors (Lipinski definition) is 3. The van der Waals surface area contributed by atoms with Crippen molar-refractivity contribution in [2.24, 2.45) is 5.92 Å². The largest absolute Gasteiger partial charge is 0.301 e. The van der Waals surface area contributed by atoms with Crippen LogP contribution in [0.1, 0.15) is 25.3 Å². The Labute approximate surface area is 167 Å². The number of halogens is 2. The van der Waals surface area contributed by atoms with Crippen molar-refractivity contribution < 1.29 is 4.79 Å². The lowest BCUT2D eigenvalue weighted by molar-refractivity contribution is -0.118. The molecule has 3 rings (SSSR count). The van der Waals surface area contributed by atoms with Crippen LogP contribution < -0.4 is 5.32 Å². The highest BCUT2D eigenvalue weighted by Gasteiger charge is 2.25. The zero-order chi connectivity index (χ0) is 18.7. The number of benzene rings is 2. The molecule has 0 unspecified atom stereocenters. The highest BCUT2D eigenvalue weighted by atomic mass is 35.5. The Morgan fingerprint density at radius 2 is 1.58 bits per heavy atom. The van der Waals surface area contributed by atoms with Gasteiger partial charge in [0, 0.05) is 21.0 Å². The number of anilines is 1. The molecule has 1 heterocycles. The summed E-state index contributed by atoms with van der Waals surface area (Å²) in [5.74, 6) is -0.193. The second kappa shape index (κ2) is 8.21. The Hall–Kier alpha value is -1.88. The maximum absolute atomic E-state index is 12.8. The van der Waals surface area contributed by atoms with Gasteiger partial charge < -0.3 is 5.32 Å². The van der Waals surface area contributed by atoms with Gasteiger partial charge in [0.1, 0.15) is 0 Å². The molecular weight excluding hydrogens is 387 g/mol. The van der Waals surface area contributed by atoms with Crippen LogP contribution in [-0.4, -0.2) is 10.9 Å². The van der Waals surface area contributed by atoms with Crippen LogP contribution in [-0.2, 0) is 4.79 Å². The molecule has 2 aromatic carbocycles. The summed E-state index contributed by atoms with van der Waals surface area (Å²) in [7, 11) is 0. The van der Waals surface area contributed by atoms with Crippen LogP contribution in [0, 0.1) is 5.92 Å². The molecular formula is C20H18Cl2N2OS. The first-order valence-corrected chi connectivity index (χ1v) is 9.85. The van der Waals surface area contributed by atoms with Gasteiger partial charge in [0.15, 0.2) is 5.13 Å². The third kappa shape index (κ3) is 4.44. The molecule has 1 N–H and O–H groups in total. The topological polar surface area (TPSA) is 42.0 Å². The molecule has 0 fully saturated rings. The predicted molar refractivity (Wildman–Crippen MR) is 110 cm³/mol. The maximum Gasteiger partial charge on any atom is 0.233 e. The molecule has 1 amide bonds. The first kappa shape index (κ1) is 18.9. The Morgan fingerprint density at radius 1 is 1.00 bits per heavy atom. The van der Waals surface area contributed by atoms with Crippen LogP contribution in [0.4, 0.5) is 5.13 Å². The molecule has 0 aliphatic rings. The van der Waals surface area contributed by atoms with Gasteiger partial charge in [-0.05, 0) is 35.7 Å². The van der Waals surface area contributed by atoms with E-state index in [4.69, 9.17) is 23.2 Å². The van der Waals surface area contributed by atoms with E-state index in [1.54, 1.807) is 0 Å². The molecule has 26 heavy (non-hydrogen) atoms. The fraction of sp³-hybridized carbons (Fsp3) is 0.200. The van der Waals surface area contributed by atoms with Crippen molar-refractivity contribution in [3.63, 3.8) is 0 Å². The van der Waals surface area contributed by atoms with Gasteiger partial charge in [-0.15, -0.1) is 11.3 Å². The van der Waals surface area contributed by atoms with Crippen LogP contribution >= 0.6 is 34.5 Å². The van der Waals surface area contributed by atoms with Crippen molar-refractivity contribution in [3.05, 3.63) is 69.5 Å².